The van der Waals surface area contributed by atoms with Gasteiger partial charge in [0.2, 0.25) is 5.91 Å². The number of carboxylic acids is 1. The summed E-state index contributed by atoms with van der Waals surface area (Å²) in [6, 6.07) is 1.75. The van der Waals surface area contributed by atoms with Gasteiger partial charge in [-0.25, -0.2) is 0 Å². The van der Waals surface area contributed by atoms with E-state index in [0.29, 0.717) is 19.4 Å². The average Bonchev–Trinajstić information content (AvgIpc) is 2.76. The lowest BCUT2D eigenvalue weighted by molar-refractivity contribution is -0.141. The molecule has 1 aromatic heterocycles. The van der Waals surface area contributed by atoms with E-state index < -0.39 is 5.97 Å². The molecule has 1 atom stereocenters. The lowest BCUT2D eigenvalue weighted by Gasteiger charge is -2.07. The minimum absolute atomic E-state index is 0.114. The van der Waals surface area contributed by atoms with E-state index in [9.17, 15) is 9.59 Å². The van der Waals surface area contributed by atoms with Crippen LogP contribution in [0.2, 0.25) is 0 Å². The standard InChI is InChI=1S/C11H17N3O3/c1-9(11(16)17)4-2-5-12-10(15)8-14-7-3-6-13-14/h3,6-7,9H,2,4-5,8H2,1H3,(H,12,15)(H,16,17). The number of carboxylic acid groups (broad SMARTS) is 1. The fraction of sp³-hybridized carbons (Fsp3) is 0.545. The molecule has 0 bridgehead atoms. The number of amides is 1. The summed E-state index contributed by atoms with van der Waals surface area (Å²) < 4.78 is 1.54. The fourth-order valence-corrected chi connectivity index (χ4v) is 1.36. The number of hydrogen-bond donors (Lipinski definition) is 2. The van der Waals surface area contributed by atoms with Crippen molar-refractivity contribution in [1.82, 2.24) is 15.1 Å². The quantitative estimate of drug-likeness (QED) is 0.679. The molecule has 1 rings (SSSR count). The van der Waals surface area contributed by atoms with Crippen LogP contribution in [-0.4, -0.2) is 33.3 Å². The molecule has 0 aromatic carbocycles. The molecular formula is C11H17N3O3. The SMILES string of the molecule is CC(CCCNC(=O)Cn1cccn1)C(=O)O. The van der Waals surface area contributed by atoms with Crippen molar-refractivity contribution in [3.63, 3.8) is 0 Å². The van der Waals surface area contributed by atoms with E-state index in [1.54, 1.807) is 25.4 Å². The van der Waals surface area contributed by atoms with Crippen molar-refractivity contribution in [2.45, 2.75) is 26.3 Å². The Morgan fingerprint density at radius 2 is 2.29 bits per heavy atom. The van der Waals surface area contributed by atoms with E-state index in [4.69, 9.17) is 5.11 Å². The molecule has 0 aliphatic rings. The van der Waals surface area contributed by atoms with Crippen LogP contribution >= 0.6 is 0 Å². The summed E-state index contributed by atoms with van der Waals surface area (Å²) in [5.74, 6) is -1.28. The third-order valence-corrected chi connectivity index (χ3v) is 2.42. The Labute approximate surface area is 99.6 Å². The summed E-state index contributed by atoms with van der Waals surface area (Å²) in [6.07, 6.45) is 4.56. The van der Waals surface area contributed by atoms with Crippen molar-refractivity contribution in [1.29, 1.82) is 0 Å². The van der Waals surface area contributed by atoms with Crippen LogP contribution in [0.15, 0.2) is 18.5 Å². The van der Waals surface area contributed by atoms with Crippen molar-refractivity contribution in [2.75, 3.05) is 6.54 Å². The summed E-state index contributed by atoms with van der Waals surface area (Å²) >= 11 is 0. The second-order valence-electron chi connectivity index (χ2n) is 3.94. The molecule has 0 fully saturated rings. The van der Waals surface area contributed by atoms with Gasteiger partial charge in [-0.2, -0.15) is 5.10 Å². The van der Waals surface area contributed by atoms with E-state index in [0.717, 1.165) is 0 Å². The number of aromatic nitrogens is 2. The molecule has 2 N–H and O–H groups in total. The summed E-state index contributed by atoms with van der Waals surface area (Å²) in [4.78, 5) is 21.9. The Balaban J connectivity index is 2.10. The van der Waals surface area contributed by atoms with Crippen LogP contribution in [-0.2, 0) is 16.1 Å². The first-order chi connectivity index (χ1) is 8.09. The molecule has 1 unspecified atom stereocenters. The number of nitrogens with zero attached hydrogens (tertiary/aromatic N) is 2. The van der Waals surface area contributed by atoms with Crippen LogP contribution in [0.3, 0.4) is 0 Å². The fourth-order valence-electron chi connectivity index (χ4n) is 1.36. The molecule has 1 heterocycles. The zero-order valence-corrected chi connectivity index (χ0v) is 9.80. The molecule has 17 heavy (non-hydrogen) atoms. The van der Waals surface area contributed by atoms with Crippen LogP contribution in [0, 0.1) is 5.92 Å². The third kappa shape index (κ3) is 5.14. The van der Waals surface area contributed by atoms with Crippen molar-refractivity contribution < 1.29 is 14.7 Å². The van der Waals surface area contributed by atoms with Gasteiger partial charge in [-0.1, -0.05) is 6.92 Å². The summed E-state index contributed by atoms with van der Waals surface area (Å²) in [5.41, 5.74) is 0. The van der Waals surface area contributed by atoms with Gasteiger partial charge in [-0.3, -0.25) is 14.3 Å². The van der Waals surface area contributed by atoms with E-state index in [-0.39, 0.29) is 18.4 Å². The lowest BCUT2D eigenvalue weighted by Crippen LogP contribution is -2.29. The Bertz CT molecular complexity index is 362. The van der Waals surface area contributed by atoms with Crippen LogP contribution in [0.4, 0.5) is 0 Å². The van der Waals surface area contributed by atoms with E-state index in [2.05, 4.69) is 10.4 Å². The smallest absolute Gasteiger partial charge is 0.306 e. The van der Waals surface area contributed by atoms with E-state index in [1.165, 1.54) is 4.68 Å². The number of hydrogen-bond acceptors (Lipinski definition) is 3. The van der Waals surface area contributed by atoms with Gasteiger partial charge in [0.05, 0.1) is 5.92 Å². The molecule has 0 radical (unpaired) electrons. The molecule has 0 saturated carbocycles. The van der Waals surface area contributed by atoms with E-state index in [1.807, 2.05) is 0 Å². The molecule has 1 aromatic rings. The molecule has 0 spiro atoms. The third-order valence-electron chi connectivity index (χ3n) is 2.42. The Morgan fingerprint density at radius 3 is 2.88 bits per heavy atom. The maximum atomic E-state index is 11.4. The van der Waals surface area contributed by atoms with Gasteiger partial charge in [-0.05, 0) is 18.9 Å². The zero-order chi connectivity index (χ0) is 12.7. The molecule has 0 saturated heterocycles. The van der Waals surface area contributed by atoms with Gasteiger partial charge < -0.3 is 10.4 Å². The Morgan fingerprint density at radius 1 is 1.53 bits per heavy atom. The topological polar surface area (TPSA) is 84.2 Å². The normalized spacial score (nSPS) is 12.1. The van der Waals surface area contributed by atoms with Gasteiger partial charge in [0, 0.05) is 18.9 Å². The first-order valence-corrected chi connectivity index (χ1v) is 5.56. The van der Waals surface area contributed by atoms with Gasteiger partial charge in [-0.15, -0.1) is 0 Å². The molecule has 0 aliphatic heterocycles. The largest absolute Gasteiger partial charge is 0.481 e. The number of rotatable bonds is 7. The first-order valence-electron chi connectivity index (χ1n) is 5.56. The average molecular weight is 239 g/mol. The van der Waals surface area contributed by atoms with Crippen molar-refractivity contribution in [3.8, 4) is 0 Å². The maximum Gasteiger partial charge on any atom is 0.306 e. The summed E-state index contributed by atoms with van der Waals surface area (Å²) in [5, 5.41) is 15.3. The van der Waals surface area contributed by atoms with Crippen LogP contribution in [0.5, 0.6) is 0 Å². The Kier molecular flexibility index (Phi) is 5.19. The molecular weight excluding hydrogens is 222 g/mol. The number of carbonyl (C=O) groups excluding carboxylic acids is 1. The molecule has 6 heteroatoms. The highest BCUT2D eigenvalue weighted by atomic mass is 16.4. The second kappa shape index (κ2) is 6.67. The molecule has 1 amide bonds. The van der Waals surface area contributed by atoms with Crippen molar-refractivity contribution >= 4 is 11.9 Å². The minimum Gasteiger partial charge on any atom is -0.481 e. The highest BCUT2D eigenvalue weighted by Gasteiger charge is 2.10. The highest BCUT2D eigenvalue weighted by molar-refractivity contribution is 5.75. The van der Waals surface area contributed by atoms with Gasteiger partial charge in [0.15, 0.2) is 0 Å². The number of carbonyl (C=O) groups is 2. The first kappa shape index (κ1) is 13.2. The van der Waals surface area contributed by atoms with E-state index >= 15 is 0 Å². The summed E-state index contributed by atoms with van der Waals surface area (Å²) in [7, 11) is 0. The van der Waals surface area contributed by atoms with Gasteiger partial charge in [0.25, 0.3) is 0 Å². The lowest BCUT2D eigenvalue weighted by atomic mass is 10.1. The summed E-state index contributed by atoms with van der Waals surface area (Å²) in [6.45, 7) is 2.35. The molecule has 6 nitrogen and oxygen atoms in total. The second-order valence-corrected chi connectivity index (χ2v) is 3.94. The predicted octanol–water partition coefficient (Wildman–Crippen LogP) is 0.500. The van der Waals surface area contributed by atoms with Gasteiger partial charge in [0.1, 0.15) is 6.54 Å². The molecule has 94 valence electrons. The van der Waals surface area contributed by atoms with Crippen molar-refractivity contribution in [2.24, 2.45) is 5.92 Å². The number of aliphatic carboxylic acids is 1. The Hall–Kier alpha value is -1.85. The molecule has 0 aliphatic carbocycles. The highest BCUT2D eigenvalue weighted by Crippen LogP contribution is 2.04. The zero-order valence-electron chi connectivity index (χ0n) is 9.80. The maximum absolute atomic E-state index is 11.4. The predicted molar refractivity (Wildman–Crippen MR) is 61.3 cm³/mol. The van der Waals surface area contributed by atoms with Crippen molar-refractivity contribution in [3.05, 3.63) is 18.5 Å². The van der Waals surface area contributed by atoms with Crippen LogP contribution < -0.4 is 5.32 Å². The minimum atomic E-state index is -0.798. The van der Waals surface area contributed by atoms with Gasteiger partial charge >= 0.3 is 5.97 Å². The van der Waals surface area contributed by atoms with Crippen LogP contribution in [0.1, 0.15) is 19.8 Å². The number of nitrogens with one attached hydrogen (secondary N) is 1. The monoisotopic (exact) mass is 239 g/mol. The van der Waals surface area contributed by atoms with Crippen LogP contribution in [0.25, 0.3) is 0 Å².